The summed E-state index contributed by atoms with van der Waals surface area (Å²) in [6, 6.07) is 6.69. The molecule has 0 bridgehead atoms. The molecule has 0 radical (unpaired) electrons. The molecule has 0 aliphatic heterocycles. The Bertz CT molecular complexity index is 396. The van der Waals surface area contributed by atoms with Gasteiger partial charge in [0.05, 0.1) is 13.2 Å². The molecule has 0 N–H and O–H groups in total. The van der Waals surface area contributed by atoms with E-state index in [-0.39, 0.29) is 13.2 Å². The van der Waals surface area contributed by atoms with Crippen LogP contribution in [0.5, 0.6) is 0 Å². The van der Waals surface area contributed by atoms with Gasteiger partial charge < -0.3 is 9.47 Å². The maximum absolute atomic E-state index is 13.1. The molecule has 0 heterocycles. The molecular weight excluding hydrogens is 298 g/mol. The van der Waals surface area contributed by atoms with Gasteiger partial charge in [-0.25, -0.2) is 4.79 Å². The van der Waals surface area contributed by atoms with Crippen LogP contribution in [0.3, 0.4) is 0 Å². The average Bonchev–Trinajstić information content (AvgIpc) is 2.27. The normalized spacial score (nSPS) is 11.3. The molecule has 0 amide bonds. The molecule has 17 heavy (non-hydrogen) atoms. The Labute approximate surface area is 106 Å². The Morgan fingerprint density at radius 1 is 1.47 bits per heavy atom. The van der Waals surface area contributed by atoms with E-state index < -0.39 is 12.1 Å². The summed E-state index contributed by atoms with van der Waals surface area (Å²) in [6.45, 7) is 0.961. The van der Waals surface area contributed by atoms with Crippen molar-refractivity contribution >= 4 is 21.9 Å². The summed E-state index contributed by atoms with van der Waals surface area (Å²) in [7, 11) is 0. The zero-order valence-corrected chi connectivity index (χ0v) is 10.7. The molecular formula is C11H11BrF2O3. The smallest absolute Gasteiger partial charge is 0.456 e. The van der Waals surface area contributed by atoms with Crippen LogP contribution in [0.25, 0.3) is 0 Å². The molecule has 1 aromatic carbocycles. The lowest BCUT2D eigenvalue weighted by molar-refractivity contribution is -0.254. The van der Waals surface area contributed by atoms with Crippen molar-refractivity contribution in [2.75, 3.05) is 6.61 Å². The Morgan fingerprint density at radius 2 is 2.18 bits per heavy atom. The van der Waals surface area contributed by atoms with E-state index in [4.69, 9.17) is 0 Å². The molecule has 6 heteroatoms. The number of hydrogen-bond donors (Lipinski definition) is 0. The summed E-state index contributed by atoms with van der Waals surface area (Å²) >= 11 is 3.20. The summed E-state index contributed by atoms with van der Waals surface area (Å²) in [6.07, 6.45) is -3.92. The zero-order chi connectivity index (χ0) is 12.9. The summed E-state index contributed by atoms with van der Waals surface area (Å²) in [5.41, 5.74) is 0.531. The first-order valence-corrected chi connectivity index (χ1v) is 5.68. The van der Waals surface area contributed by atoms with E-state index in [2.05, 4.69) is 25.4 Å². The summed E-state index contributed by atoms with van der Waals surface area (Å²) in [4.78, 5) is 10.8. The number of ether oxygens (including phenoxy) is 2. The number of esters is 1. The van der Waals surface area contributed by atoms with Crippen LogP contribution in [0.15, 0.2) is 28.7 Å². The van der Waals surface area contributed by atoms with Crippen molar-refractivity contribution in [1.82, 2.24) is 0 Å². The van der Waals surface area contributed by atoms with Gasteiger partial charge >= 0.3 is 12.1 Å². The highest BCUT2D eigenvalue weighted by atomic mass is 79.9. The average molecular weight is 309 g/mol. The van der Waals surface area contributed by atoms with Crippen LogP contribution in [0.1, 0.15) is 12.5 Å². The molecule has 0 aliphatic rings. The molecule has 0 atom stereocenters. The topological polar surface area (TPSA) is 35.5 Å². The minimum absolute atomic E-state index is 0.116. The fourth-order valence-electron chi connectivity index (χ4n) is 1.07. The summed E-state index contributed by atoms with van der Waals surface area (Å²) < 4.78 is 35.4. The number of carbonyl (C=O) groups is 1. The van der Waals surface area contributed by atoms with Crippen LogP contribution in [0.4, 0.5) is 8.78 Å². The molecule has 0 saturated carbocycles. The second-order valence-electron chi connectivity index (χ2n) is 3.16. The van der Waals surface area contributed by atoms with E-state index in [0.29, 0.717) is 5.56 Å². The van der Waals surface area contributed by atoms with Crippen LogP contribution in [-0.2, 0) is 20.9 Å². The van der Waals surface area contributed by atoms with Crippen molar-refractivity contribution in [2.24, 2.45) is 0 Å². The predicted octanol–water partition coefficient (Wildman–Crippen LogP) is 3.12. The third kappa shape index (κ3) is 4.40. The Morgan fingerprint density at radius 3 is 2.76 bits per heavy atom. The fourth-order valence-corrected chi connectivity index (χ4v) is 1.52. The van der Waals surface area contributed by atoms with Crippen molar-refractivity contribution in [3.05, 3.63) is 34.3 Å². The van der Waals surface area contributed by atoms with Crippen molar-refractivity contribution < 1.29 is 23.0 Å². The summed E-state index contributed by atoms with van der Waals surface area (Å²) in [5.74, 6) is -1.67. The van der Waals surface area contributed by atoms with Gasteiger partial charge in [-0.3, -0.25) is 0 Å². The second-order valence-corrected chi connectivity index (χ2v) is 4.07. The summed E-state index contributed by atoms with van der Waals surface area (Å²) in [5, 5.41) is 0. The molecule has 3 nitrogen and oxygen atoms in total. The second kappa shape index (κ2) is 6.07. The van der Waals surface area contributed by atoms with E-state index >= 15 is 0 Å². The molecule has 1 rings (SSSR count). The van der Waals surface area contributed by atoms with Gasteiger partial charge in [0.15, 0.2) is 0 Å². The molecule has 0 aliphatic carbocycles. The molecule has 94 valence electrons. The third-order valence-electron chi connectivity index (χ3n) is 1.82. The van der Waals surface area contributed by atoms with Crippen LogP contribution < -0.4 is 0 Å². The minimum Gasteiger partial charge on any atom is -0.460 e. The lowest BCUT2D eigenvalue weighted by atomic mass is 10.2. The largest absolute Gasteiger partial charge is 0.460 e. The number of carbonyl (C=O) groups excluding carboxylic acids is 1. The fraction of sp³-hybridized carbons (Fsp3) is 0.364. The van der Waals surface area contributed by atoms with Gasteiger partial charge in [-0.05, 0) is 24.6 Å². The highest BCUT2D eigenvalue weighted by Crippen LogP contribution is 2.21. The molecule has 0 aromatic heterocycles. The van der Waals surface area contributed by atoms with Gasteiger partial charge in [0, 0.05) is 4.47 Å². The molecule has 0 unspecified atom stereocenters. The monoisotopic (exact) mass is 308 g/mol. The van der Waals surface area contributed by atoms with Crippen molar-refractivity contribution in [3.8, 4) is 0 Å². The van der Waals surface area contributed by atoms with Gasteiger partial charge in [-0.15, -0.1) is 0 Å². The molecule has 0 spiro atoms. The quantitative estimate of drug-likeness (QED) is 0.784. The number of hydrogen-bond acceptors (Lipinski definition) is 3. The molecule has 1 aromatic rings. The SMILES string of the molecule is CCOC(=O)C(F)(F)OCc1cccc(Br)c1. The first kappa shape index (κ1) is 14.1. The number of halogens is 3. The van der Waals surface area contributed by atoms with Gasteiger partial charge in [0.2, 0.25) is 0 Å². The lowest BCUT2D eigenvalue weighted by Crippen LogP contribution is -2.33. The van der Waals surface area contributed by atoms with Crippen molar-refractivity contribution in [2.45, 2.75) is 19.6 Å². The first-order chi connectivity index (χ1) is 7.95. The highest BCUT2D eigenvalue weighted by molar-refractivity contribution is 9.10. The van der Waals surface area contributed by atoms with E-state index in [0.717, 1.165) is 4.47 Å². The Kier molecular flexibility index (Phi) is 5.02. The lowest BCUT2D eigenvalue weighted by Gasteiger charge is -2.14. The number of benzene rings is 1. The van der Waals surface area contributed by atoms with Crippen LogP contribution in [0, 0.1) is 0 Å². The van der Waals surface area contributed by atoms with E-state index in [9.17, 15) is 13.6 Å². The van der Waals surface area contributed by atoms with Gasteiger partial charge in [0.1, 0.15) is 0 Å². The zero-order valence-electron chi connectivity index (χ0n) is 9.08. The van der Waals surface area contributed by atoms with E-state index in [1.807, 2.05) is 0 Å². The van der Waals surface area contributed by atoms with Crippen LogP contribution in [0.2, 0.25) is 0 Å². The minimum atomic E-state index is -3.92. The molecule has 0 fully saturated rings. The van der Waals surface area contributed by atoms with Gasteiger partial charge in [-0.1, -0.05) is 28.1 Å². The third-order valence-corrected chi connectivity index (χ3v) is 2.32. The van der Waals surface area contributed by atoms with Crippen molar-refractivity contribution in [3.63, 3.8) is 0 Å². The van der Waals surface area contributed by atoms with Crippen molar-refractivity contribution in [1.29, 1.82) is 0 Å². The molecule has 0 saturated heterocycles. The standard InChI is InChI=1S/C11H11BrF2O3/c1-2-16-10(15)11(13,14)17-7-8-4-3-5-9(12)6-8/h3-6H,2,7H2,1H3. The van der Waals surface area contributed by atoms with Crippen LogP contribution in [-0.4, -0.2) is 18.7 Å². The number of rotatable bonds is 5. The predicted molar refractivity (Wildman–Crippen MR) is 60.5 cm³/mol. The van der Waals surface area contributed by atoms with Gasteiger partial charge in [0.25, 0.3) is 0 Å². The maximum atomic E-state index is 13.1. The van der Waals surface area contributed by atoms with Gasteiger partial charge in [-0.2, -0.15) is 8.78 Å². The van der Waals surface area contributed by atoms with E-state index in [1.165, 1.54) is 6.92 Å². The Hall–Kier alpha value is -1.01. The van der Waals surface area contributed by atoms with E-state index in [1.54, 1.807) is 24.3 Å². The number of alkyl halides is 2. The van der Waals surface area contributed by atoms with Crippen LogP contribution >= 0.6 is 15.9 Å². The first-order valence-electron chi connectivity index (χ1n) is 4.89. The highest BCUT2D eigenvalue weighted by Gasteiger charge is 2.42. The maximum Gasteiger partial charge on any atom is 0.456 e. The Balaban J connectivity index is 2.57.